The number of ether oxygens (including phenoxy) is 1. The topological polar surface area (TPSA) is 50.3 Å². The molecule has 5 heteroatoms. The Bertz CT molecular complexity index is 396. The van der Waals surface area contributed by atoms with E-state index in [9.17, 15) is 0 Å². The lowest BCUT2D eigenvalue weighted by Crippen LogP contribution is -2.54. The summed E-state index contributed by atoms with van der Waals surface area (Å²) >= 11 is 0. The quantitative estimate of drug-likeness (QED) is 0.880. The maximum absolute atomic E-state index is 5.61. The Balaban J connectivity index is 2.16. The van der Waals surface area contributed by atoms with Crippen LogP contribution >= 0.6 is 0 Å². The number of nitrogens with zero attached hydrogens (tertiary/aromatic N) is 3. The molecule has 2 heterocycles. The smallest absolute Gasteiger partial charge is 0.218 e. The Morgan fingerprint density at radius 1 is 1.39 bits per heavy atom. The molecule has 0 saturated carbocycles. The molecule has 2 rings (SSSR count). The van der Waals surface area contributed by atoms with Crippen LogP contribution in [-0.2, 0) is 0 Å². The molecule has 1 aliphatic heterocycles. The Labute approximate surface area is 109 Å². The van der Waals surface area contributed by atoms with Gasteiger partial charge in [-0.2, -0.15) is 0 Å². The maximum Gasteiger partial charge on any atom is 0.218 e. The molecule has 2 atom stereocenters. The van der Waals surface area contributed by atoms with E-state index < -0.39 is 0 Å². The summed E-state index contributed by atoms with van der Waals surface area (Å²) in [5, 5.41) is 3.46. The summed E-state index contributed by atoms with van der Waals surface area (Å²) in [4.78, 5) is 10.8. The molecule has 0 bridgehead atoms. The summed E-state index contributed by atoms with van der Waals surface area (Å²) in [6.45, 7) is 10.3. The number of anilines is 1. The van der Waals surface area contributed by atoms with Crippen molar-refractivity contribution in [3.8, 4) is 5.88 Å². The first-order valence-corrected chi connectivity index (χ1v) is 6.55. The van der Waals surface area contributed by atoms with E-state index in [1.807, 2.05) is 19.9 Å². The van der Waals surface area contributed by atoms with Gasteiger partial charge in [0.1, 0.15) is 12.1 Å². The first-order valence-electron chi connectivity index (χ1n) is 6.55. The second-order valence-electron chi connectivity index (χ2n) is 5.19. The van der Waals surface area contributed by atoms with Gasteiger partial charge in [-0.05, 0) is 27.7 Å². The standard InChI is InChI=1S/C13H22N4O/c1-9(2)18-13-5-12(15-8-16-13)17-7-10(3)14-6-11(17)4/h5,8-11,14H,6-7H2,1-4H3. The molecule has 0 amide bonds. The molecule has 2 unspecified atom stereocenters. The van der Waals surface area contributed by atoms with E-state index in [1.165, 1.54) is 0 Å². The van der Waals surface area contributed by atoms with Crippen molar-refractivity contribution in [3.05, 3.63) is 12.4 Å². The fourth-order valence-electron chi connectivity index (χ4n) is 2.13. The number of hydrogen-bond donors (Lipinski definition) is 1. The van der Waals surface area contributed by atoms with E-state index in [0.717, 1.165) is 18.9 Å². The normalized spacial score (nSPS) is 24.4. The molecule has 1 saturated heterocycles. The molecule has 0 radical (unpaired) electrons. The van der Waals surface area contributed by atoms with Gasteiger partial charge < -0.3 is 15.0 Å². The Hall–Kier alpha value is -1.36. The molecule has 100 valence electrons. The van der Waals surface area contributed by atoms with Gasteiger partial charge in [-0.3, -0.25) is 0 Å². The summed E-state index contributed by atoms with van der Waals surface area (Å²) in [7, 11) is 0. The highest BCUT2D eigenvalue weighted by molar-refractivity contribution is 5.42. The van der Waals surface area contributed by atoms with Crippen LogP contribution in [0.1, 0.15) is 27.7 Å². The molecule has 1 N–H and O–H groups in total. The first kappa shape index (κ1) is 13.1. The van der Waals surface area contributed by atoms with Crippen molar-refractivity contribution in [1.29, 1.82) is 0 Å². The average Bonchev–Trinajstić information content (AvgIpc) is 2.32. The van der Waals surface area contributed by atoms with E-state index in [2.05, 4.69) is 34.0 Å². The minimum atomic E-state index is 0.132. The van der Waals surface area contributed by atoms with E-state index in [1.54, 1.807) is 6.33 Å². The van der Waals surface area contributed by atoms with Gasteiger partial charge in [0, 0.05) is 31.2 Å². The van der Waals surface area contributed by atoms with E-state index in [-0.39, 0.29) is 6.10 Å². The summed E-state index contributed by atoms with van der Waals surface area (Å²) < 4.78 is 5.61. The number of piperazine rings is 1. The largest absolute Gasteiger partial charge is 0.475 e. The van der Waals surface area contributed by atoms with Gasteiger partial charge in [-0.1, -0.05) is 0 Å². The van der Waals surface area contributed by atoms with E-state index in [4.69, 9.17) is 4.74 Å². The number of nitrogens with one attached hydrogen (secondary N) is 1. The second kappa shape index (κ2) is 5.52. The van der Waals surface area contributed by atoms with Gasteiger partial charge in [-0.15, -0.1) is 0 Å². The lowest BCUT2D eigenvalue weighted by molar-refractivity contribution is 0.232. The third-order valence-electron chi connectivity index (χ3n) is 3.04. The predicted molar refractivity (Wildman–Crippen MR) is 72.1 cm³/mol. The van der Waals surface area contributed by atoms with Crippen molar-refractivity contribution < 1.29 is 4.74 Å². The van der Waals surface area contributed by atoms with Crippen LogP contribution in [0.15, 0.2) is 12.4 Å². The van der Waals surface area contributed by atoms with Gasteiger partial charge in [0.2, 0.25) is 5.88 Å². The number of hydrogen-bond acceptors (Lipinski definition) is 5. The first-order chi connectivity index (χ1) is 8.56. The van der Waals surface area contributed by atoms with Crippen LogP contribution in [0.4, 0.5) is 5.82 Å². The third-order valence-corrected chi connectivity index (χ3v) is 3.04. The monoisotopic (exact) mass is 250 g/mol. The summed E-state index contributed by atoms with van der Waals surface area (Å²) in [6.07, 6.45) is 1.71. The predicted octanol–water partition coefficient (Wildman–Crippen LogP) is 1.45. The molecule has 18 heavy (non-hydrogen) atoms. The second-order valence-corrected chi connectivity index (χ2v) is 5.19. The van der Waals surface area contributed by atoms with Gasteiger partial charge >= 0.3 is 0 Å². The van der Waals surface area contributed by atoms with Crippen molar-refractivity contribution in [2.45, 2.75) is 45.9 Å². The molecule has 1 aromatic rings. The third kappa shape index (κ3) is 3.10. The molecule has 0 aromatic carbocycles. The van der Waals surface area contributed by atoms with E-state index in [0.29, 0.717) is 18.0 Å². The fourth-order valence-corrected chi connectivity index (χ4v) is 2.13. The highest BCUT2D eigenvalue weighted by Gasteiger charge is 2.23. The molecule has 1 aliphatic rings. The van der Waals surface area contributed by atoms with E-state index >= 15 is 0 Å². The van der Waals surface area contributed by atoms with Crippen molar-refractivity contribution in [3.63, 3.8) is 0 Å². The van der Waals surface area contributed by atoms with Gasteiger partial charge in [-0.25, -0.2) is 9.97 Å². The van der Waals surface area contributed by atoms with Crippen molar-refractivity contribution >= 4 is 5.82 Å². The zero-order valence-electron chi connectivity index (χ0n) is 11.6. The van der Waals surface area contributed by atoms with Crippen LogP contribution in [0.2, 0.25) is 0 Å². The molecule has 0 aliphatic carbocycles. The van der Waals surface area contributed by atoms with Gasteiger partial charge in [0.15, 0.2) is 0 Å². The summed E-state index contributed by atoms with van der Waals surface area (Å²) in [5.41, 5.74) is 0. The average molecular weight is 250 g/mol. The van der Waals surface area contributed by atoms with Crippen molar-refractivity contribution in [1.82, 2.24) is 15.3 Å². The molecular weight excluding hydrogens is 228 g/mol. The van der Waals surface area contributed by atoms with Gasteiger partial charge in [0.25, 0.3) is 0 Å². The van der Waals surface area contributed by atoms with Crippen molar-refractivity contribution in [2.24, 2.45) is 0 Å². The Morgan fingerprint density at radius 3 is 2.89 bits per heavy atom. The lowest BCUT2D eigenvalue weighted by Gasteiger charge is -2.38. The lowest BCUT2D eigenvalue weighted by atomic mass is 10.1. The minimum Gasteiger partial charge on any atom is -0.475 e. The van der Waals surface area contributed by atoms with Crippen LogP contribution < -0.4 is 15.0 Å². The highest BCUT2D eigenvalue weighted by Crippen LogP contribution is 2.20. The summed E-state index contributed by atoms with van der Waals surface area (Å²) in [6, 6.07) is 2.84. The van der Waals surface area contributed by atoms with Crippen LogP contribution in [-0.4, -0.2) is 41.2 Å². The molecular formula is C13H22N4O. The molecule has 1 aromatic heterocycles. The van der Waals surface area contributed by atoms with Crippen LogP contribution in [0.3, 0.4) is 0 Å². The van der Waals surface area contributed by atoms with Crippen LogP contribution in [0, 0.1) is 0 Å². The Kier molecular flexibility index (Phi) is 4.01. The SMILES string of the molecule is CC1CN(c2cc(OC(C)C)ncn2)C(C)CN1. The molecule has 0 spiro atoms. The molecule has 5 nitrogen and oxygen atoms in total. The van der Waals surface area contributed by atoms with Crippen molar-refractivity contribution in [2.75, 3.05) is 18.0 Å². The molecule has 1 fully saturated rings. The summed E-state index contributed by atoms with van der Waals surface area (Å²) in [5.74, 6) is 1.59. The number of rotatable bonds is 3. The highest BCUT2D eigenvalue weighted by atomic mass is 16.5. The number of aromatic nitrogens is 2. The fraction of sp³-hybridized carbons (Fsp3) is 0.692. The van der Waals surface area contributed by atoms with Crippen LogP contribution in [0.5, 0.6) is 5.88 Å². The minimum absolute atomic E-state index is 0.132. The zero-order valence-corrected chi connectivity index (χ0v) is 11.6. The maximum atomic E-state index is 5.61. The zero-order chi connectivity index (χ0) is 13.1. The Morgan fingerprint density at radius 2 is 2.17 bits per heavy atom. The van der Waals surface area contributed by atoms with Gasteiger partial charge in [0.05, 0.1) is 6.10 Å². The van der Waals surface area contributed by atoms with Crippen LogP contribution in [0.25, 0.3) is 0 Å².